The van der Waals surface area contributed by atoms with Gasteiger partial charge in [-0.1, -0.05) is 23.7 Å². The largest absolute Gasteiger partial charge is 0.387 e. The Balaban J connectivity index is 2.05. The van der Waals surface area contributed by atoms with E-state index in [9.17, 15) is 9.50 Å². The van der Waals surface area contributed by atoms with Crippen LogP contribution in [0.2, 0.25) is 5.02 Å². The monoisotopic (exact) mass is 357 g/mol. The van der Waals surface area contributed by atoms with Crippen molar-refractivity contribution in [3.63, 3.8) is 0 Å². The van der Waals surface area contributed by atoms with Crippen LogP contribution in [0.15, 0.2) is 40.9 Å². The van der Waals surface area contributed by atoms with Crippen molar-refractivity contribution in [3.05, 3.63) is 62.8 Å². The fraction of sp³-hybridized carbons (Fsp3) is 0.200. The minimum Gasteiger partial charge on any atom is -0.387 e. The van der Waals surface area contributed by atoms with Gasteiger partial charge in [-0.25, -0.2) is 4.39 Å². The van der Waals surface area contributed by atoms with Crippen molar-refractivity contribution in [2.45, 2.75) is 13.0 Å². The molecule has 0 fully saturated rings. The summed E-state index contributed by atoms with van der Waals surface area (Å²) in [6.45, 7) is 2.17. The third-order valence-corrected chi connectivity index (χ3v) is 3.87. The van der Waals surface area contributed by atoms with Crippen LogP contribution in [0, 0.1) is 12.7 Å². The van der Waals surface area contributed by atoms with Crippen molar-refractivity contribution in [3.8, 4) is 0 Å². The number of nitrogens with one attached hydrogen (secondary N) is 1. The molecule has 2 aromatic carbocycles. The summed E-state index contributed by atoms with van der Waals surface area (Å²) in [6.07, 6.45) is -0.682. The molecule has 2 rings (SSSR count). The third kappa shape index (κ3) is 3.72. The van der Waals surface area contributed by atoms with Gasteiger partial charge < -0.3 is 10.4 Å². The van der Waals surface area contributed by atoms with E-state index in [1.807, 2.05) is 6.92 Å². The molecule has 1 unspecified atom stereocenters. The number of aliphatic hydroxyl groups excluding tert-OH is 1. The van der Waals surface area contributed by atoms with Crippen LogP contribution in [0.1, 0.15) is 17.2 Å². The molecule has 106 valence electrons. The predicted molar refractivity (Wildman–Crippen MR) is 83.7 cm³/mol. The van der Waals surface area contributed by atoms with Gasteiger partial charge >= 0.3 is 0 Å². The first-order chi connectivity index (χ1) is 9.47. The molecular weight excluding hydrogens is 345 g/mol. The van der Waals surface area contributed by atoms with Crippen LogP contribution in [0.25, 0.3) is 0 Å². The summed E-state index contributed by atoms with van der Waals surface area (Å²) in [5.74, 6) is -0.334. The van der Waals surface area contributed by atoms with Crippen molar-refractivity contribution in [1.82, 2.24) is 0 Å². The van der Waals surface area contributed by atoms with Gasteiger partial charge in [0.1, 0.15) is 5.82 Å². The average Bonchev–Trinajstić information content (AvgIpc) is 2.42. The highest BCUT2D eigenvalue weighted by atomic mass is 79.9. The Hall–Kier alpha value is -1.10. The summed E-state index contributed by atoms with van der Waals surface area (Å²) < 4.78 is 13.9. The van der Waals surface area contributed by atoms with E-state index in [-0.39, 0.29) is 5.82 Å². The van der Waals surface area contributed by atoms with Crippen molar-refractivity contribution in [2.24, 2.45) is 0 Å². The molecule has 0 aliphatic heterocycles. The lowest BCUT2D eigenvalue weighted by molar-refractivity contribution is 0.191. The Morgan fingerprint density at radius 1 is 1.30 bits per heavy atom. The molecule has 0 bridgehead atoms. The average molecular weight is 359 g/mol. The lowest BCUT2D eigenvalue weighted by Crippen LogP contribution is -2.13. The molecule has 2 aromatic rings. The van der Waals surface area contributed by atoms with Gasteiger partial charge in [-0.3, -0.25) is 0 Å². The normalized spacial score (nSPS) is 12.2. The van der Waals surface area contributed by atoms with E-state index in [0.717, 1.165) is 11.1 Å². The smallest absolute Gasteiger partial charge is 0.139 e. The van der Waals surface area contributed by atoms with E-state index in [2.05, 4.69) is 21.2 Å². The fourth-order valence-electron chi connectivity index (χ4n) is 1.85. The molecule has 0 saturated heterocycles. The number of aryl methyl sites for hydroxylation is 1. The Morgan fingerprint density at radius 2 is 1.95 bits per heavy atom. The quantitative estimate of drug-likeness (QED) is 0.830. The number of aliphatic hydroxyl groups is 1. The van der Waals surface area contributed by atoms with Crippen LogP contribution >= 0.6 is 27.5 Å². The van der Waals surface area contributed by atoms with Gasteiger partial charge in [0.2, 0.25) is 0 Å². The van der Waals surface area contributed by atoms with E-state index < -0.39 is 6.10 Å². The van der Waals surface area contributed by atoms with Gasteiger partial charge in [-0.2, -0.15) is 0 Å². The van der Waals surface area contributed by atoms with Crippen molar-refractivity contribution < 1.29 is 9.50 Å². The van der Waals surface area contributed by atoms with E-state index in [1.165, 1.54) is 6.07 Å². The maximum Gasteiger partial charge on any atom is 0.139 e. The van der Waals surface area contributed by atoms with Gasteiger partial charge in [-0.15, -0.1) is 0 Å². The summed E-state index contributed by atoms with van der Waals surface area (Å²) in [5, 5.41) is 13.8. The number of anilines is 1. The van der Waals surface area contributed by atoms with Crippen LogP contribution in [0.4, 0.5) is 10.1 Å². The minimum absolute atomic E-state index is 0.295. The Kier molecular flexibility index (Phi) is 5.02. The van der Waals surface area contributed by atoms with Crippen molar-refractivity contribution in [1.29, 1.82) is 0 Å². The standard InChI is InChI=1S/C15H14BrClFNO/c1-9-6-12(16)13(18)7-14(9)19-8-15(20)10-2-4-11(17)5-3-10/h2-7,15,19-20H,8H2,1H3. The van der Waals surface area contributed by atoms with Gasteiger partial charge in [0.25, 0.3) is 0 Å². The summed E-state index contributed by atoms with van der Waals surface area (Å²) >= 11 is 8.94. The number of halogens is 3. The van der Waals surface area contributed by atoms with E-state index in [0.29, 0.717) is 21.7 Å². The van der Waals surface area contributed by atoms with Gasteiger partial charge in [0.15, 0.2) is 0 Å². The molecule has 0 saturated carbocycles. The summed E-state index contributed by atoms with van der Waals surface area (Å²) in [7, 11) is 0. The Bertz CT molecular complexity index is 604. The zero-order valence-corrected chi connectivity index (χ0v) is 13.2. The van der Waals surface area contributed by atoms with Crippen molar-refractivity contribution >= 4 is 33.2 Å². The topological polar surface area (TPSA) is 32.3 Å². The van der Waals surface area contributed by atoms with E-state index >= 15 is 0 Å². The van der Waals surface area contributed by atoms with E-state index in [1.54, 1.807) is 30.3 Å². The Labute approximate surface area is 130 Å². The van der Waals surface area contributed by atoms with Crippen LogP contribution in [0.3, 0.4) is 0 Å². The molecule has 0 spiro atoms. The molecule has 5 heteroatoms. The molecule has 2 nitrogen and oxygen atoms in total. The summed E-state index contributed by atoms with van der Waals surface area (Å²) in [6, 6.07) is 10.1. The molecular formula is C15H14BrClFNO. The second-order valence-corrected chi connectivity index (χ2v) is 5.82. The number of hydrogen-bond acceptors (Lipinski definition) is 2. The second kappa shape index (κ2) is 6.57. The molecule has 20 heavy (non-hydrogen) atoms. The molecule has 0 amide bonds. The fourth-order valence-corrected chi connectivity index (χ4v) is 2.43. The van der Waals surface area contributed by atoms with Crippen LogP contribution in [-0.4, -0.2) is 11.7 Å². The molecule has 0 aromatic heterocycles. The molecule has 0 aliphatic rings. The maximum atomic E-state index is 13.5. The summed E-state index contributed by atoms with van der Waals surface area (Å²) in [4.78, 5) is 0. The number of benzene rings is 2. The summed E-state index contributed by atoms with van der Waals surface area (Å²) in [5.41, 5.74) is 2.33. The third-order valence-electron chi connectivity index (χ3n) is 3.01. The highest BCUT2D eigenvalue weighted by molar-refractivity contribution is 9.10. The molecule has 0 aliphatic carbocycles. The lowest BCUT2D eigenvalue weighted by atomic mass is 10.1. The zero-order chi connectivity index (χ0) is 14.7. The first-order valence-electron chi connectivity index (χ1n) is 6.10. The van der Waals surface area contributed by atoms with Crippen molar-refractivity contribution in [2.75, 3.05) is 11.9 Å². The van der Waals surface area contributed by atoms with Gasteiger partial charge in [-0.05, 0) is 58.2 Å². The highest BCUT2D eigenvalue weighted by Crippen LogP contribution is 2.25. The molecule has 2 N–H and O–H groups in total. The number of hydrogen-bond donors (Lipinski definition) is 2. The zero-order valence-electron chi connectivity index (χ0n) is 10.8. The Morgan fingerprint density at radius 3 is 2.60 bits per heavy atom. The first kappa shape index (κ1) is 15.3. The van der Waals surface area contributed by atoms with Gasteiger partial charge in [0.05, 0.1) is 10.6 Å². The van der Waals surface area contributed by atoms with E-state index in [4.69, 9.17) is 11.6 Å². The van der Waals surface area contributed by atoms with Crippen LogP contribution in [0.5, 0.6) is 0 Å². The predicted octanol–water partition coefficient (Wildman–Crippen LogP) is 4.70. The minimum atomic E-state index is -0.682. The highest BCUT2D eigenvalue weighted by Gasteiger charge is 2.09. The maximum absolute atomic E-state index is 13.5. The SMILES string of the molecule is Cc1cc(Br)c(F)cc1NCC(O)c1ccc(Cl)cc1. The first-order valence-corrected chi connectivity index (χ1v) is 7.27. The second-order valence-electron chi connectivity index (χ2n) is 4.53. The van der Waals surface area contributed by atoms with Crippen LogP contribution < -0.4 is 5.32 Å². The molecule has 0 heterocycles. The number of rotatable bonds is 4. The molecule has 1 atom stereocenters. The molecule has 0 radical (unpaired) electrons. The lowest BCUT2D eigenvalue weighted by Gasteiger charge is -2.15. The van der Waals surface area contributed by atoms with Gasteiger partial charge in [0, 0.05) is 17.3 Å². The van der Waals surface area contributed by atoms with Crippen LogP contribution in [-0.2, 0) is 0 Å².